The van der Waals surface area contributed by atoms with Gasteiger partial charge in [-0.05, 0) is 51.0 Å². The number of Topliss-reactive ketones (excluding diaryl/α,β-unsaturated/α-hetero) is 1. The standard InChI is InChI=1S/C26H27N3O3/c1-5-26(20-9-7-6-8-10-20)24(31)28(25(32)27-26)16-23(30)22-15-18(3)29(19(22)4)21-13-11-17(2)12-14-21/h6-15H,5,16H2,1-4H3,(H,27,32). The molecule has 1 aromatic heterocycles. The lowest BCUT2D eigenvalue weighted by Crippen LogP contribution is -2.43. The molecule has 164 valence electrons. The molecule has 0 saturated carbocycles. The van der Waals surface area contributed by atoms with Crippen LogP contribution in [0.15, 0.2) is 60.7 Å². The van der Waals surface area contributed by atoms with E-state index in [0.717, 1.165) is 27.5 Å². The number of hydrogen-bond donors (Lipinski definition) is 1. The molecule has 4 rings (SSSR count). The Hall–Kier alpha value is -3.67. The maximum atomic E-state index is 13.3. The third kappa shape index (κ3) is 3.42. The molecule has 0 aliphatic carbocycles. The van der Waals surface area contributed by atoms with Gasteiger partial charge in [-0.25, -0.2) is 4.79 Å². The van der Waals surface area contributed by atoms with Crippen molar-refractivity contribution in [3.8, 4) is 5.69 Å². The molecule has 32 heavy (non-hydrogen) atoms. The average molecular weight is 430 g/mol. The van der Waals surface area contributed by atoms with Crippen LogP contribution in [0.4, 0.5) is 4.79 Å². The van der Waals surface area contributed by atoms with Crippen molar-refractivity contribution in [1.82, 2.24) is 14.8 Å². The fourth-order valence-corrected chi connectivity index (χ4v) is 4.50. The minimum Gasteiger partial charge on any atom is -0.319 e. The quantitative estimate of drug-likeness (QED) is 0.465. The highest BCUT2D eigenvalue weighted by Crippen LogP contribution is 2.32. The Kier molecular flexibility index (Phi) is 5.46. The number of carbonyl (C=O) groups excluding carboxylic acids is 3. The first-order valence-electron chi connectivity index (χ1n) is 10.8. The zero-order valence-electron chi connectivity index (χ0n) is 18.8. The summed E-state index contributed by atoms with van der Waals surface area (Å²) >= 11 is 0. The Labute approximate surface area is 187 Å². The third-order valence-corrected chi connectivity index (χ3v) is 6.30. The zero-order chi connectivity index (χ0) is 23.0. The summed E-state index contributed by atoms with van der Waals surface area (Å²) in [6, 6.07) is 18.5. The highest BCUT2D eigenvalue weighted by Gasteiger charge is 2.51. The number of imide groups is 1. The van der Waals surface area contributed by atoms with Gasteiger partial charge >= 0.3 is 6.03 Å². The fraction of sp³-hybridized carbons (Fsp3) is 0.269. The van der Waals surface area contributed by atoms with E-state index >= 15 is 0 Å². The zero-order valence-corrected chi connectivity index (χ0v) is 18.8. The van der Waals surface area contributed by atoms with Crippen LogP contribution in [0.2, 0.25) is 0 Å². The lowest BCUT2D eigenvalue weighted by atomic mass is 9.87. The number of hydrogen-bond acceptors (Lipinski definition) is 3. The number of rotatable bonds is 6. The summed E-state index contributed by atoms with van der Waals surface area (Å²) in [6.45, 7) is 7.41. The van der Waals surface area contributed by atoms with Gasteiger partial charge in [0, 0.05) is 22.6 Å². The van der Waals surface area contributed by atoms with Gasteiger partial charge in [-0.3, -0.25) is 14.5 Å². The summed E-state index contributed by atoms with van der Waals surface area (Å²) in [5.41, 5.74) is 3.91. The van der Waals surface area contributed by atoms with Crippen LogP contribution in [0.1, 0.15) is 46.2 Å². The second-order valence-electron chi connectivity index (χ2n) is 8.33. The van der Waals surface area contributed by atoms with Crippen molar-refractivity contribution in [3.05, 3.63) is 88.7 Å². The van der Waals surface area contributed by atoms with Crippen molar-refractivity contribution in [2.75, 3.05) is 6.54 Å². The number of nitrogens with one attached hydrogen (secondary N) is 1. The molecule has 1 N–H and O–H groups in total. The highest BCUT2D eigenvalue weighted by atomic mass is 16.2. The van der Waals surface area contributed by atoms with Crippen LogP contribution < -0.4 is 5.32 Å². The van der Waals surface area contributed by atoms with E-state index in [-0.39, 0.29) is 12.3 Å². The fourth-order valence-electron chi connectivity index (χ4n) is 4.50. The maximum Gasteiger partial charge on any atom is 0.325 e. The summed E-state index contributed by atoms with van der Waals surface area (Å²) in [4.78, 5) is 40.3. The van der Waals surface area contributed by atoms with Crippen LogP contribution in [-0.4, -0.2) is 33.7 Å². The molecule has 0 spiro atoms. The van der Waals surface area contributed by atoms with Crippen LogP contribution in [0, 0.1) is 20.8 Å². The predicted molar refractivity (Wildman–Crippen MR) is 123 cm³/mol. The van der Waals surface area contributed by atoms with Gasteiger partial charge in [-0.15, -0.1) is 0 Å². The first-order valence-corrected chi connectivity index (χ1v) is 10.8. The first kappa shape index (κ1) is 21.6. The van der Waals surface area contributed by atoms with Gasteiger partial charge in [0.15, 0.2) is 5.78 Å². The molecule has 1 aliphatic rings. The molecule has 1 unspecified atom stereocenters. The van der Waals surface area contributed by atoms with Crippen molar-refractivity contribution in [3.63, 3.8) is 0 Å². The van der Waals surface area contributed by atoms with Gasteiger partial charge in [0.25, 0.3) is 5.91 Å². The minimum atomic E-state index is -1.14. The normalized spacial score (nSPS) is 18.2. The number of nitrogens with zero attached hydrogens (tertiary/aromatic N) is 2. The molecule has 2 aromatic carbocycles. The van der Waals surface area contributed by atoms with Crippen LogP contribution >= 0.6 is 0 Å². The van der Waals surface area contributed by atoms with E-state index in [1.807, 2.05) is 92.9 Å². The van der Waals surface area contributed by atoms with E-state index in [0.29, 0.717) is 17.5 Å². The molecule has 1 saturated heterocycles. The molecule has 0 radical (unpaired) electrons. The smallest absolute Gasteiger partial charge is 0.319 e. The Bertz CT molecular complexity index is 1200. The average Bonchev–Trinajstić information content (AvgIpc) is 3.23. The largest absolute Gasteiger partial charge is 0.325 e. The Balaban J connectivity index is 1.62. The highest BCUT2D eigenvalue weighted by molar-refractivity contribution is 6.11. The van der Waals surface area contributed by atoms with Crippen molar-refractivity contribution in [1.29, 1.82) is 0 Å². The van der Waals surface area contributed by atoms with Crippen LogP contribution in [0.5, 0.6) is 0 Å². The van der Waals surface area contributed by atoms with Crippen LogP contribution in [0.25, 0.3) is 5.69 Å². The summed E-state index contributed by atoms with van der Waals surface area (Å²) in [5, 5.41) is 2.83. The second kappa shape index (κ2) is 8.11. The molecular formula is C26H27N3O3. The Morgan fingerprint density at radius 2 is 1.62 bits per heavy atom. The van der Waals surface area contributed by atoms with Crippen molar-refractivity contribution in [2.45, 2.75) is 39.7 Å². The van der Waals surface area contributed by atoms with Crippen molar-refractivity contribution < 1.29 is 14.4 Å². The minimum absolute atomic E-state index is 0.264. The summed E-state index contributed by atoms with van der Waals surface area (Å²) < 4.78 is 2.01. The summed E-state index contributed by atoms with van der Waals surface area (Å²) in [6.07, 6.45) is 0.397. The van der Waals surface area contributed by atoms with Gasteiger partial charge in [-0.1, -0.05) is 55.0 Å². The monoisotopic (exact) mass is 429 g/mol. The molecular weight excluding hydrogens is 402 g/mol. The molecule has 6 heteroatoms. The number of aryl methyl sites for hydroxylation is 2. The molecule has 1 fully saturated rings. The van der Waals surface area contributed by atoms with Crippen LogP contribution in [-0.2, 0) is 10.3 Å². The molecule has 1 atom stereocenters. The van der Waals surface area contributed by atoms with Crippen LogP contribution in [0.3, 0.4) is 0 Å². The third-order valence-electron chi connectivity index (χ3n) is 6.30. The Morgan fingerprint density at radius 3 is 2.25 bits per heavy atom. The van der Waals surface area contributed by atoms with Gasteiger partial charge in [0.2, 0.25) is 0 Å². The number of urea groups is 1. The SMILES string of the molecule is CCC1(c2ccccc2)NC(=O)N(CC(=O)c2cc(C)n(-c3ccc(C)cc3)c2C)C1=O. The summed E-state index contributed by atoms with van der Waals surface area (Å²) in [5.74, 6) is -0.656. The molecule has 3 aromatic rings. The van der Waals surface area contributed by atoms with E-state index < -0.39 is 17.5 Å². The van der Waals surface area contributed by atoms with Crippen molar-refractivity contribution in [2.24, 2.45) is 0 Å². The first-order chi connectivity index (χ1) is 15.3. The summed E-state index contributed by atoms with van der Waals surface area (Å²) in [7, 11) is 0. The topological polar surface area (TPSA) is 71.4 Å². The van der Waals surface area contributed by atoms with Gasteiger partial charge in [0.1, 0.15) is 5.54 Å². The van der Waals surface area contributed by atoms with Crippen molar-refractivity contribution >= 4 is 17.7 Å². The molecule has 3 amide bonds. The maximum absolute atomic E-state index is 13.3. The van der Waals surface area contributed by atoms with Gasteiger partial charge < -0.3 is 9.88 Å². The van der Waals surface area contributed by atoms with E-state index in [4.69, 9.17) is 0 Å². The molecule has 0 bridgehead atoms. The molecule has 2 heterocycles. The molecule has 6 nitrogen and oxygen atoms in total. The number of ketones is 1. The number of carbonyl (C=O) groups is 3. The Morgan fingerprint density at radius 1 is 0.969 bits per heavy atom. The van der Waals surface area contributed by atoms with Gasteiger partial charge in [-0.2, -0.15) is 0 Å². The van der Waals surface area contributed by atoms with E-state index in [1.54, 1.807) is 0 Å². The van der Waals surface area contributed by atoms with E-state index in [1.165, 1.54) is 0 Å². The van der Waals surface area contributed by atoms with Gasteiger partial charge in [0.05, 0.1) is 6.54 Å². The molecule has 1 aliphatic heterocycles. The number of aromatic nitrogens is 1. The predicted octanol–water partition coefficient (Wildman–Crippen LogP) is 4.44. The lowest BCUT2D eigenvalue weighted by molar-refractivity contribution is -0.131. The van der Waals surface area contributed by atoms with E-state index in [2.05, 4.69) is 5.32 Å². The van der Waals surface area contributed by atoms with E-state index in [9.17, 15) is 14.4 Å². The lowest BCUT2D eigenvalue weighted by Gasteiger charge is -2.25. The number of benzene rings is 2. The number of amides is 3. The second-order valence-corrected chi connectivity index (χ2v) is 8.33.